The number of fused-ring (bicyclic) bond motifs is 1. The number of carboxylic acid groups (broad SMARTS) is 1. The van der Waals surface area contributed by atoms with Gasteiger partial charge in [0.05, 0.1) is 11.0 Å². The van der Waals surface area contributed by atoms with E-state index < -0.39 is 12.0 Å². The third-order valence-corrected chi connectivity index (χ3v) is 4.26. The first-order valence-corrected chi connectivity index (χ1v) is 6.99. The van der Waals surface area contributed by atoms with Crippen molar-refractivity contribution in [2.45, 2.75) is 18.9 Å². The highest BCUT2D eigenvalue weighted by Gasteiger charge is 2.33. The fraction of sp³-hybridized carbons (Fsp3) is 0.385. The normalized spacial score (nSPS) is 19.3. The lowest BCUT2D eigenvalue weighted by Gasteiger charge is -2.22. The summed E-state index contributed by atoms with van der Waals surface area (Å²) < 4.78 is 2.93. The second-order valence-corrected chi connectivity index (χ2v) is 5.62. The Morgan fingerprint density at radius 2 is 2.32 bits per heavy atom. The van der Waals surface area contributed by atoms with Crippen LogP contribution in [0.3, 0.4) is 0 Å². The number of imidazole rings is 1. The summed E-state index contributed by atoms with van der Waals surface area (Å²) in [5, 5.41) is 9.28. The molecule has 3 rings (SSSR count). The average molecular weight is 324 g/mol. The summed E-state index contributed by atoms with van der Waals surface area (Å²) in [5.74, 6) is -0.0459. The van der Waals surface area contributed by atoms with Gasteiger partial charge in [0, 0.05) is 18.1 Å². The molecule has 0 bridgehead atoms. The number of hydrogen-bond acceptors (Lipinski definition) is 3. The summed E-state index contributed by atoms with van der Waals surface area (Å²) in [6, 6.07) is 5.37. The molecule has 2 aromatic rings. The molecule has 5 nitrogen and oxygen atoms in total. The minimum atomic E-state index is -0.774. The maximum atomic E-state index is 11.3. The van der Waals surface area contributed by atoms with E-state index in [-0.39, 0.29) is 0 Å². The topological polar surface area (TPSA) is 58.4 Å². The Morgan fingerprint density at radius 3 is 3.00 bits per heavy atom. The first-order valence-electron chi connectivity index (χ1n) is 6.20. The second-order valence-electron chi connectivity index (χ2n) is 4.77. The summed E-state index contributed by atoms with van der Waals surface area (Å²) in [6.07, 6.45) is 1.57. The predicted molar refractivity (Wildman–Crippen MR) is 76.4 cm³/mol. The Kier molecular flexibility index (Phi) is 2.97. The molecule has 0 amide bonds. The van der Waals surface area contributed by atoms with E-state index in [0.29, 0.717) is 6.42 Å². The molecule has 1 N–H and O–H groups in total. The number of carboxylic acids is 1. The molecule has 1 aliphatic rings. The highest BCUT2D eigenvalue weighted by atomic mass is 79.9. The number of nitrogens with zero attached hydrogens (tertiary/aromatic N) is 3. The molecule has 1 aromatic carbocycles. The van der Waals surface area contributed by atoms with E-state index in [1.165, 1.54) is 0 Å². The first-order chi connectivity index (χ1) is 9.09. The van der Waals surface area contributed by atoms with Gasteiger partial charge in [0.2, 0.25) is 5.95 Å². The average Bonchev–Trinajstić information content (AvgIpc) is 2.94. The molecule has 100 valence electrons. The zero-order valence-corrected chi connectivity index (χ0v) is 12.1. The number of para-hydroxylation sites is 1. The van der Waals surface area contributed by atoms with Crippen LogP contribution in [0.5, 0.6) is 0 Å². The van der Waals surface area contributed by atoms with Crippen LogP contribution in [-0.2, 0) is 11.8 Å². The Bertz CT molecular complexity index is 653. The molecule has 0 spiro atoms. The van der Waals surface area contributed by atoms with Gasteiger partial charge in [-0.2, -0.15) is 0 Å². The highest BCUT2D eigenvalue weighted by molar-refractivity contribution is 9.10. The van der Waals surface area contributed by atoms with E-state index in [1.807, 2.05) is 34.7 Å². The second kappa shape index (κ2) is 4.52. The lowest BCUT2D eigenvalue weighted by atomic mass is 10.2. The molecule has 0 aliphatic carbocycles. The summed E-state index contributed by atoms with van der Waals surface area (Å²) in [5.41, 5.74) is 1.87. The Balaban J connectivity index is 2.13. The largest absolute Gasteiger partial charge is 0.480 e. The molecular weight excluding hydrogens is 310 g/mol. The molecule has 1 saturated heterocycles. The van der Waals surface area contributed by atoms with Crippen LogP contribution in [0.4, 0.5) is 5.95 Å². The standard InChI is InChI=1S/C13H14BrN3O2/c1-16-11-8(14)4-2-5-9(11)15-13(16)17-7-3-6-10(17)12(18)19/h2,4-5,10H,3,6-7H2,1H3,(H,18,19). The molecular formula is C13H14BrN3O2. The number of hydrogen-bond donors (Lipinski definition) is 1. The lowest BCUT2D eigenvalue weighted by Crippen LogP contribution is -2.37. The van der Waals surface area contributed by atoms with E-state index >= 15 is 0 Å². The van der Waals surface area contributed by atoms with Crippen molar-refractivity contribution in [3.05, 3.63) is 22.7 Å². The van der Waals surface area contributed by atoms with E-state index in [0.717, 1.165) is 34.4 Å². The molecule has 1 atom stereocenters. The molecule has 2 heterocycles. The third kappa shape index (κ3) is 1.90. The lowest BCUT2D eigenvalue weighted by molar-refractivity contribution is -0.138. The van der Waals surface area contributed by atoms with Gasteiger partial charge in [0.15, 0.2) is 0 Å². The van der Waals surface area contributed by atoms with Gasteiger partial charge >= 0.3 is 5.97 Å². The fourth-order valence-corrected chi connectivity index (χ4v) is 3.35. The summed E-state index contributed by atoms with van der Waals surface area (Å²) in [6.45, 7) is 0.742. The quantitative estimate of drug-likeness (QED) is 0.921. The number of aryl methyl sites for hydroxylation is 1. The van der Waals surface area contributed by atoms with Gasteiger partial charge in [0.1, 0.15) is 6.04 Å². The van der Waals surface area contributed by atoms with Crippen LogP contribution in [0, 0.1) is 0 Å². The number of benzene rings is 1. The smallest absolute Gasteiger partial charge is 0.326 e. The minimum Gasteiger partial charge on any atom is -0.480 e. The van der Waals surface area contributed by atoms with E-state index in [4.69, 9.17) is 0 Å². The molecule has 1 aliphatic heterocycles. The predicted octanol–water partition coefficient (Wildman–Crippen LogP) is 2.39. The van der Waals surface area contributed by atoms with Gasteiger partial charge < -0.3 is 14.6 Å². The van der Waals surface area contributed by atoms with Crippen molar-refractivity contribution in [3.8, 4) is 0 Å². The van der Waals surface area contributed by atoms with Gasteiger partial charge in [-0.15, -0.1) is 0 Å². The van der Waals surface area contributed by atoms with Crippen molar-refractivity contribution in [3.63, 3.8) is 0 Å². The van der Waals surface area contributed by atoms with Gasteiger partial charge in [-0.3, -0.25) is 0 Å². The van der Waals surface area contributed by atoms with Crippen LogP contribution in [0.25, 0.3) is 11.0 Å². The van der Waals surface area contributed by atoms with E-state index in [1.54, 1.807) is 0 Å². The van der Waals surface area contributed by atoms with Crippen molar-refractivity contribution in [2.75, 3.05) is 11.4 Å². The van der Waals surface area contributed by atoms with E-state index in [9.17, 15) is 9.90 Å². The fourth-order valence-electron chi connectivity index (χ4n) is 2.73. The Labute approximate surface area is 119 Å². The summed E-state index contributed by atoms with van der Waals surface area (Å²) in [7, 11) is 1.92. The van der Waals surface area contributed by atoms with Crippen molar-refractivity contribution < 1.29 is 9.90 Å². The number of rotatable bonds is 2. The number of aliphatic carboxylic acids is 1. The Morgan fingerprint density at radius 1 is 1.53 bits per heavy atom. The van der Waals surface area contributed by atoms with Gasteiger partial charge in [-0.25, -0.2) is 9.78 Å². The van der Waals surface area contributed by atoms with Crippen LogP contribution in [-0.4, -0.2) is 33.2 Å². The number of anilines is 1. The molecule has 6 heteroatoms. The number of halogens is 1. The van der Waals surface area contributed by atoms with Gasteiger partial charge in [0.25, 0.3) is 0 Å². The zero-order chi connectivity index (χ0) is 13.6. The Hall–Kier alpha value is -1.56. The minimum absolute atomic E-state index is 0.464. The highest BCUT2D eigenvalue weighted by Crippen LogP contribution is 2.31. The van der Waals surface area contributed by atoms with Crippen LogP contribution in [0.2, 0.25) is 0 Å². The summed E-state index contributed by atoms with van der Waals surface area (Å²) >= 11 is 3.52. The van der Waals surface area contributed by atoms with Crippen LogP contribution in [0.15, 0.2) is 22.7 Å². The first kappa shape index (κ1) is 12.5. The number of carbonyl (C=O) groups is 1. The maximum absolute atomic E-state index is 11.3. The van der Waals surface area contributed by atoms with E-state index in [2.05, 4.69) is 20.9 Å². The summed E-state index contributed by atoms with van der Waals surface area (Å²) in [4.78, 5) is 17.8. The van der Waals surface area contributed by atoms with Crippen molar-refractivity contribution in [2.24, 2.45) is 7.05 Å². The molecule has 0 radical (unpaired) electrons. The molecule has 0 saturated carbocycles. The molecule has 1 unspecified atom stereocenters. The van der Waals surface area contributed by atoms with Crippen molar-refractivity contribution >= 4 is 38.9 Å². The van der Waals surface area contributed by atoms with Crippen LogP contribution < -0.4 is 4.90 Å². The van der Waals surface area contributed by atoms with Crippen LogP contribution >= 0.6 is 15.9 Å². The number of aromatic nitrogens is 2. The van der Waals surface area contributed by atoms with Gasteiger partial charge in [-0.05, 0) is 40.9 Å². The maximum Gasteiger partial charge on any atom is 0.326 e. The third-order valence-electron chi connectivity index (χ3n) is 3.62. The molecule has 1 fully saturated rings. The monoisotopic (exact) mass is 323 g/mol. The van der Waals surface area contributed by atoms with Gasteiger partial charge in [-0.1, -0.05) is 6.07 Å². The molecule has 19 heavy (non-hydrogen) atoms. The zero-order valence-electron chi connectivity index (χ0n) is 10.5. The van der Waals surface area contributed by atoms with Crippen molar-refractivity contribution in [1.82, 2.24) is 9.55 Å². The molecule has 1 aromatic heterocycles. The van der Waals surface area contributed by atoms with Crippen LogP contribution in [0.1, 0.15) is 12.8 Å². The van der Waals surface area contributed by atoms with Crippen molar-refractivity contribution in [1.29, 1.82) is 0 Å². The SMILES string of the molecule is Cn1c(N2CCCC2C(=O)O)nc2cccc(Br)c21.